The molecule has 0 amide bonds. The molecule has 0 radical (unpaired) electrons. The van der Waals surface area contributed by atoms with Gasteiger partial charge in [0.15, 0.2) is 0 Å². The van der Waals surface area contributed by atoms with Crippen molar-refractivity contribution in [3.05, 3.63) is 29.8 Å². The average Bonchev–Trinajstić information content (AvgIpc) is 2.96. The third-order valence-electron chi connectivity index (χ3n) is 4.76. The Hall–Kier alpha value is -1.06. The fourth-order valence-corrected chi connectivity index (χ4v) is 3.52. The second-order valence-electron chi connectivity index (χ2n) is 6.39. The van der Waals surface area contributed by atoms with Crippen molar-refractivity contribution in [2.75, 3.05) is 32.7 Å². The maximum Gasteiger partial charge on any atom is 0.115 e. The number of piperidine rings is 1. The quantitative estimate of drug-likeness (QED) is 0.914. The fraction of sp³-hybridized carbons (Fsp3) is 0.647. The molecule has 0 spiro atoms. The van der Waals surface area contributed by atoms with Crippen LogP contribution in [0.15, 0.2) is 24.3 Å². The normalized spacial score (nSPS) is 22.4. The summed E-state index contributed by atoms with van der Waals surface area (Å²) in [6, 6.07) is 7.64. The summed E-state index contributed by atoms with van der Waals surface area (Å²) in [6.45, 7) is 7.45. The lowest BCUT2D eigenvalue weighted by atomic mass is 9.96. The van der Waals surface area contributed by atoms with Crippen molar-refractivity contribution in [3.8, 4) is 5.75 Å². The molecule has 0 aromatic heterocycles. The van der Waals surface area contributed by atoms with Crippen LogP contribution in [0.25, 0.3) is 0 Å². The minimum absolute atomic E-state index is 0.359. The number of phenolic OH excluding ortho intramolecular Hbond substituents is 1. The summed E-state index contributed by atoms with van der Waals surface area (Å²) in [4.78, 5) is 5.20. The topological polar surface area (TPSA) is 26.7 Å². The van der Waals surface area contributed by atoms with E-state index < -0.39 is 0 Å². The predicted molar refractivity (Wildman–Crippen MR) is 81.8 cm³/mol. The molecule has 2 aliphatic rings. The Morgan fingerprint density at radius 3 is 2.20 bits per heavy atom. The molecule has 0 atom stereocenters. The Morgan fingerprint density at radius 2 is 1.55 bits per heavy atom. The van der Waals surface area contributed by atoms with E-state index in [0.29, 0.717) is 5.75 Å². The number of rotatable bonds is 4. The van der Waals surface area contributed by atoms with Crippen molar-refractivity contribution in [1.82, 2.24) is 9.80 Å². The second-order valence-corrected chi connectivity index (χ2v) is 6.39. The van der Waals surface area contributed by atoms with Gasteiger partial charge in [-0.3, -0.25) is 4.90 Å². The van der Waals surface area contributed by atoms with Crippen LogP contribution in [0, 0.1) is 5.92 Å². The van der Waals surface area contributed by atoms with E-state index in [2.05, 4.69) is 9.80 Å². The van der Waals surface area contributed by atoms with E-state index in [1.165, 1.54) is 64.0 Å². The summed E-state index contributed by atoms with van der Waals surface area (Å²) < 4.78 is 0. The summed E-state index contributed by atoms with van der Waals surface area (Å²) in [5, 5.41) is 9.31. The van der Waals surface area contributed by atoms with Crippen LogP contribution in [0.4, 0.5) is 0 Å². The third kappa shape index (κ3) is 3.74. The van der Waals surface area contributed by atoms with Crippen LogP contribution in [-0.2, 0) is 6.54 Å². The Kier molecular flexibility index (Phi) is 4.58. The lowest BCUT2D eigenvalue weighted by Crippen LogP contribution is -2.37. The molecule has 1 aromatic rings. The third-order valence-corrected chi connectivity index (χ3v) is 4.76. The van der Waals surface area contributed by atoms with Gasteiger partial charge in [0.1, 0.15) is 5.75 Å². The molecule has 0 bridgehead atoms. The van der Waals surface area contributed by atoms with Gasteiger partial charge in [-0.2, -0.15) is 0 Å². The predicted octanol–water partition coefficient (Wildman–Crippen LogP) is 2.70. The molecule has 2 aliphatic heterocycles. The average molecular weight is 274 g/mol. The first-order valence-electron chi connectivity index (χ1n) is 8.02. The summed E-state index contributed by atoms with van der Waals surface area (Å²) in [5.41, 5.74) is 1.31. The van der Waals surface area contributed by atoms with Crippen LogP contribution in [0.5, 0.6) is 5.75 Å². The standard InChI is InChI=1S/C17H26N2O/c20-17-5-3-15(4-6-17)13-19-11-7-16(8-12-19)14-18-9-1-2-10-18/h3-6,16,20H,1-2,7-14H2. The molecule has 0 saturated carbocycles. The monoisotopic (exact) mass is 274 g/mol. The molecule has 3 heteroatoms. The van der Waals surface area contributed by atoms with Crippen LogP contribution in [0.2, 0.25) is 0 Å². The molecular formula is C17H26N2O. The Balaban J connectivity index is 1.42. The smallest absolute Gasteiger partial charge is 0.115 e. The van der Waals surface area contributed by atoms with Gasteiger partial charge in [-0.25, -0.2) is 0 Å². The first-order chi connectivity index (χ1) is 9.79. The van der Waals surface area contributed by atoms with E-state index in [-0.39, 0.29) is 0 Å². The Labute approximate surface area is 122 Å². The Bertz CT molecular complexity index is 404. The lowest BCUT2D eigenvalue weighted by molar-refractivity contribution is 0.149. The van der Waals surface area contributed by atoms with E-state index >= 15 is 0 Å². The first-order valence-corrected chi connectivity index (χ1v) is 8.02. The molecule has 0 aliphatic carbocycles. The van der Waals surface area contributed by atoms with Crippen LogP contribution in [-0.4, -0.2) is 47.6 Å². The zero-order valence-electron chi connectivity index (χ0n) is 12.3. The van der Waals surface area contributed by atoms with E-state index in [1.807, 2.05) is 12.1 Å². The van der Waals surface area contributed by atoms with Crippen molar-refractivity contribution in [3.63, 3.8) is 0 Å². The Morgan fingerprint density at radius 1 is 0.900 bits per heavy atom. The number of phenols is 1. The summed E-state index contributed by atoms with van der Waals surface area (Å²) in [7, 11) is 0. The number of nitrogens with zero attached hydrogens (tertiary/aromatic N) is 2. The van der Waals surface area contributed by atoms with Crippen LogP contribution < -0.4 is 0 Å². The van der Waals surface area contributed by atoms with Crippen LogP contribution >= 0.6 is 0 Å². The molecule has 110 valence electrons. The van der Waals surface area contributed by atoms with Gasteiger partial charge in [0, 0.05) is 13.1 Å². The number of hydrogen-bond acceptors (Lipinski definition) is 3. The molecule has 1 aromatic carbocycles. The van der Waals surface area contributed by atoms with E-state index in [4.69, 9.17) is 0 Å². The van der Waals surface area contributed by atoms with Crippen molar-refractivity contribution < 1.29 is 5.11 Å². The zero-order valence-corrected chi connectivity index (χ0v) is 12.3. The number of aromatic hydroxyl groups is 1. The maximum atomic E-state index is 9.31. The maximum absolute atomic E-state index is 9.31. The van der Waals surface area contributed by atoms with Crippen LogP contribution in [0.1, 0.15) is 31.2 Å². The van der Waals surface area contributed by atoms with Crippen molar-refractivity contribution in [2.45, 2.75) is 32.2 Å². The van der Waals surface area contributed by atoms with Gasteiger partial charge in [0.2, 0.25) is 0 Å². The molecular weight excluding hydrogens is 248 g/mol. The molecule has 3 nitrogen and oxygen atoms in total. The molecule has 2 heterocycles. The van der Waals surface area contributed by atoms with Crippen molar-refractivity contribution in [1.29, 1.82) is 0 Å². The van der Waals surface area contributed by atoms with Gasteiger partial charge in [-0.15, -0.1) is 0 Å². The summed E-state index contributed by atoms with van der Waals surface area (Å²) in [5.74, 6) is 1.27. The molecule has 20 heavy (non-hydrogen) atoms. The van der Waals surface area contributed by atoms with Crippen molar-refractivity contribution >= 4 is 0 Å². The van der Waals surface area contributed by atoms with Gasteiger partial charge < -0.3 is 10.0 Å². The van der Waals surface area contributed by atoms with Gasteiger partial charge in [-0.1, -0.05) is 12.1 Å². The number of likely N-dealkylation sites (tertiary alicyclic amines) is 2. The number of benzene rings is 1. The molecule has 2 fully saturated rings. The van der Waals surface area contributed by atoms with Gasteiger partial charge in [-0.05, 0) is 75.5 Å². The molecule has 0 unspecified atom stereocenters. The van der Waals surface area contributed by atoms with E-state index in [0.717, 1.165) is 12.5 Å². The molecule has 1 N–H and O–H groups in total. The minimum atomic E-state index is 0.359. The zero-order chi connectivity index (χ0) is 13.8. The highest BCUT2D eigenvalue weighted by atomic mass is 16.3. The lowest BCUT2D eigenvalue weighted by Gasteiger charge is -2.33. The highest BCUT2D eigenvalue weighted by Gasteiger charge is 2.22. The largest absolute Gasteiger partial charge is 0.508 e. The SMILES string of the molecule is Oc1ccc(CN2CCC(CN3CCCC3)CC2)cc1. The van der Waals surface area contributed by atoms with Gasteiger partial charge >= 0.3 is 0 Å². The van der Waals surface area contributed by atoms with Crippen LogP contribution in [0.3, 0.4) is 0 Å². The minimum Gasteiger partial charge on any atom is -0.508 e. The summed E-state index contributed by atoms with van der Waals surface area (Å²) in [6.07, 6.45) is 5.49. The number of hydrogen-bond donors (Lipinski definition) is 1. The van der Waals surface area contributed by atoms with Gasteiger partial charge in [0.05, 0.1) is 0 Å². The fourth-order valence-electron chi connectivity index (χ4n) is 3.52. The second kappa shape index (κ2) is 6.59. The van der Waals surface area contributed by atoms with Crippen molar-refractivity contribution in [2.24, 2.45) is 5.92 Å². The van der Waals surface area contributed by atoms with E-state index in [1.54, 1.807) is 12.1 Å². The highest BCUT2D eigenvalue weighted by Crippen LogP contribution is 2.22. The van der Waals surface area contributed by atoms with E-state index in [9.17, 15) is 5.11 Å². The first kappa shape index (κ1) is 13.9. The summed E-state index contributed by atoms with van der Waals surface area (Å²) >= 11 is 0. The highest BCUT2D eigenvalue weighted by molar-refractivity contribution is 5.25. The molecule has 2 saturated heterocycles. The molecule has 3 rings (SSSR count). The van der Waals surface area contributed by atoms with Gasteiger partial charge in [0.25, 0.3) is 0 Å².